The molecule has 0 aliphatic rings. The molecule has 0 heterocycles. The van der Waals surface area contributed by atoms with E-state index in [-0.39, 0.29) is 18.6 Å². The maximum atomic E-state index is 12.2. The van der Waals surface area contributed by atoms with E-state index in [9.17, 15) is 9.59 Å². The molecule has 1 amide bonds. The molecular formula is C19H29NO5. The molecular weight excluding hydrogens is 322 g/mol. The van der Waals surface area contributed by atoms with E-state index in [1.54, 1.807) is 25.2 Å². The molecule has 0 atom stereocenters. The van der Waals surface area contributed by atoms with Crippen LogP contribution in [0.2, 0.25) is 0 Å². The highest BCUT2D eigenvalue weighted by Crippen LogP contribution is 2.29. The van der Waals surface area contributed by atoms with Crippen LogP contribution >= 0.6 is 0 Å². The van der Waals surface area contributed by atoms with Crippen LogP contribution in [0, 0.1) is 0 Å². The molecule has 0 saturated heterocycles. The van der Waals surface area contributed by atoms with E-state index < -0.39 is 5.97 Å². The Balaban J connectivity index is 2.74. The third-order valence-corrected chi connectivity index (χ3v) is 3.73. The summed E-state index contributed by atoms with van der Waals surface area (Å²) >= 11 is 0. The van der Waals surface area contributed by atoms with Crippen molar-refractivity contribution in [2.24, 2.45) is 0 Å². The van der Waals surface area contributed by atoms with Crippen LogP contribution in [0.15, 0.2) is 18.2 Å². The number of rotatable bonds is 10. The van der Waals surface area contributed by atoms with E-state index in [0.717, 1.165) is 12.8 Å². The summed E-state index contributed by atoms with van der Waals surface area (Å²) < 4.78 is 16.3. The van der Waals surface area contributed by atoms with Gasteiger partial charge in [-0.15, -0.1) is 0 Å². The summed E-state index contributed by atoms with van der Waals surface area (Å²) in [7, 11) is 1.68. The van der Waals surface area contributed by atoms with E-state index in [4.69, 9.17) is 14.2 Å². The van der Waals surface area contributed by atoms with Crippen LogP contribution in [-0.2, 0) is 9.53 Å². The molecule has 6 heteroatoms. The number of carbonyl (C=O) groups excluding carboxylic acids is 2. The number of amides is 1. The maximum Gasteiger partial charge on any atom is 0.338 e. The van der Waals surface area contributed by atoms with Crippen molar-refractivity contribution in [3.8, 4) is 11.5 Å². The molecule has 6 nitrogen and oxygen atoms in total. The van der Waals surface area contributed by atoms with Crippen LogP contribution in [0.1, 0.15) is 50.9 Å². The standard InChI is InChI=1S/C19H29NO5/c1-6-8-11-24-16-10-9-15(12-17(16)23-7-2)19(22)25-13-18(21)20(5)14(3)4/h9-10,12,14H,6-8,11,13H2,1-5H3. The third kappa shape index (κ3) is 6.64. The average molecular weight is 351 g/mol. The largest absolute Gasteiger partial charge is 0.490 e. The van der Waals surface area contributed by atoms with E-state index >= 15 is 0 Å². The smallest absolute Gasteiger partial charge is 0.338 e. The monoisotopic (exact) mass is 351 g/mol. The fourth-order valence-corrected chi connectivity index (χ4v) is 1.95. The SMILES string of the molecule is CCCCOc1ccc(C(=O)OCC(=O)N(C)C(C)C)cc1OCC. The summed E-state index contributed by atoms with van der Waals surface area (Å²) in [6.07, 6.45) is 1.98. The number of nitrogens with zero attached hydrogens (tertiary/aromatic N) is 1. The van der Waals surface area contributed by atoms with E-state index in [1.165, 1.54) is 4.90 Å². The van der Waals surface area contributed by atoms with Crippen molar-refractivity contribution in [2.45, 2.75) is 46.6 Å². The first-order valence-electron chi connectivity index (χ1n) is 8.73. The normalized spacial score (nSPS) is 10.5. The molecule has 0 aliphatic carbocycles. The van der Waals surface area contributed by atoms with Gasteiger partial charge in [-0.1, -0.05) is 13.3 Å². The van der Waals surface area contributed by atoms with Gasteiger partial charge in [-0.2, -0.15) is 0 Å². The molecule has 0 N–H and O–H groups in total. The van der Waals surface area contributed by atoms with Crippen molar-refractivity contribution in [3.05, 3.63) is 23.8 Å². The predicted octanol–water partition coefficient (Wildman–Crippen LogP) is 3.29. The number of esters is 1. The van der Waals surface area contributed by atoms with Crippen molar-refractivity contribution in [1.82, 2.24) is 4.90 Å². The summed E-state index contributed by atoms with van der Waals surface area (Å²) in [6.45, 7) is 8.50. The average Bonchev–Trinajstić information content (AvgIpc) is 2.60. The van der Waals surface area contributed by atoms with Crippen LogP contribution in [0.4, 0.5) is 0 Å². The number of likely N-dealkylation sites (N-methyl/N-ethyl adjacent to an activating group) is 1. The Kier molecular flexibility index (Phi) is 8.81. The molecule has 0 aliphatic heterocycles. The lowest BCUT2D eigenvalue weighted by molar-refractivity contribution is -0.134. The highest BCUT2D eigenvalue weighted by molar-refractivity contribution is 5.92. The van der Waals surface area contributed by atoms with E-state index in [1.807, 2.05) is 20.8 Å². The van der Waals surface area contributed by atoms with Gasteiger partial charge >= 0.3 is 5.97 Å². The van der Waals surface area contributed by atoms with Crippen molar-refractivity contribution >= 4 is 11.9 Å². The second kappa shape index (κ2) is 10.6. The summed E-state index contributed by atoms with van der Waals surface area (Å²) in [5, 5.41) is 0. The topological polar surface area (TPSA) is 65.1 Å². The van der Waals surface area contributed by atoms with Gasteiger partial charge in [-0.25, -0.2) is 4.79 Å². The molecule has 0 spiro atoms. The van der Waals surface area contributed by atoms with Crippen molar-refractivity contribution in [2.75, 3.05) is 26.9 Å². The third-order valence-electron chi connectivity index (χ3n) is 3.73. The van der Waals surface area contributed by atoms with Crippen molar-refractivity contribution in [3.63, 3.8) is 0 Å². The van der Waals surface area contributed by atoms with Gasteiger partial charge in [0.15, 0.2) is 18.1 Å². The zero-order valence-corrected chi connectivity index (χ0v) is 15.8. The Bertz CT molecular complexity index is 571. The summed E-state index contributed by atoms with van der Waals surface area (Å²) in [6, 6.07) is 4.95. The van der Waals surface area contributed by atoms with Gasteiger partial charge in [0.25, 0.3) is 5.91 Å². The molecule has 140 valence electrons. The van der Waals surface area contributed by atoms with Gasteiger partial charge in [0.05, 0.1) is 18.8 Å². The Labute approximate surface area is 150 Å². The zero-order valence-electron chi connectivity index (χ0n) is 15.8. The minimum absolute atomic E-state index is 0.0512. The first-order valence-corrected chi connectivity index (χ1v) is 8.73. The number of hydrogen-bond acceptors (Lipinski definition) is 5. The summed E-state index contributed by atoms with van der Waals surface area (Å²) in [5.41, 5.74) is 0.325. The molecule has 0 saturated carbocycles. The van der Waals surface area contributed by atoms with Crippen LogP contribution in [0.25, 0.3) is 0 Å². The van der Waals surface area contributed by atoms with E-state index in [0.29, 0.717) is 30.3 Å². The lowest BCUT2D eigenvalue weighted by Gasteiger charge is -2.21. The zero-order chi connectivity index (χ0) is 18.8. The predicted molar refractivity (Wildman–Crippen MR) is 96.2 cm³/mol. The second-order valence-electron chi connectivity index (χ2n) is 5.97. The quantitative estimate of drug-likeness (QED) is 0.478. The van der Waals surface area contributed by atoms with Crippen LogP contribution in [0.3, 0.4) is 0 Å². The molecule has 0 radical (unpaired) electrons. The molecule has 1 aromatic rings. The molecule has 0 unspecified atom stereocenters. The molecule has 0 fully saturated rings. The van der Waals surface area contributed by atoms with Crippen LogP contribution in [-0.4, -0.2) is 49.7 Å². The molecule has 1 rings (SSSR count). The fourth-order valence-electron chi connectivity index (χ4n) is 1.95. The molecule has 1 aromatic carbocycles. The highest BCUT2D eigenvalue weighted by atomic mass is 16.5. The molecule has 0 aromatic heterocycles. The van der Waals surface area contributed by atoms with Crippen molar-refractivity contribution in [1.29, 1.82) is 0 Å². The Morgan fingerprint density at radius 3 is 2.44 bits per heavy atom. The summed E-state index contributed by atoms with van der Waals surface area (Å²) in [4.78, 5) is 25.6. The fraction of sp³-hybridized carbons (Fsp3) is 0.579. The summed E-state index contributed by atoms with van der Waals surface area (Å²) in [5.74, 6) is 0.292. The number of ether oxygens (including phenoxy) is 3. The Morgan fingerprint density at radius 2 is 1.84 bits per heavy atom. The Morgan fingerprint density at radius 1 is 1.12 bits per heavy atom. The van der Waals surface area contributed by atoms with Gasteiger partial charge in [-0.05, 0) is 45.4 Å². The van der Waals surface area contributed by atoms with Gasteiger partial charge < -0.3 is 19.1 Å². The van der Waals surface area contributed by atoms with E-state index in [2.05, 4.69) is 6.92 Å². The first-order chi connectivity index (χ1) is 11.9. The Hall–Kier alpha value is -2.24. The minimum atomic E-state index is -0.563. The van der Waals surface area contributed by atoms with Gasteiger partial charge in [-0.3, -0.25) is 4.79 Å². The lowest BCUT2D eigenvalue weighted by atomic mass is 10.2. The number of carbonyl (C=O) groups is 2. The first kappa shape index (κ1) is 20.8. The number of unbranched alkanes of at least 4 members (excludes halogenated alkanes) is 1. The second-order valence-corrected chi connectivity index (χ2v) is 5.97. The number of hydrogen-bond donors (Lipinski definition) is 0. The number of benzene rings is 1. The van der Waals surface area contributed by atoms with Gasteiger partial charge in [0.1, 0.15) is 0 Å². The maximum absolute atomic E-state index is 12.2. The van der Waals surface area contributed by atoms with Gasteiger partial charge in [0, 0.05) is 13.1 Å². The lowest BCUT2D eigenvalue weighted by Crippen LogP contribution is -2.36. The van der Waals surface area contributed by atoms with Crippen LogP contribution < -0.4 is 9.47 Å². The van der Waals surface area contributed by atoms with Crippen molar-refractivity contribution < 1.29 is 23.8 Å². The minimum Gasteiger partial charge on any atom is -0.490 e. The highest BCUT2D eigenvalue weighted by Gasteiger charge is 2.17. The van der Waals surface area contributed by atoms with Crippen LogP contribution in [0.5, 0.6) is 11.5 Å². The molecule has 0 bridgehead atoms. The molecule has 25 heavy (non-hydrogen) atoms. The van der Waals surface area contributed by atoms with Gasteiger partial charge in [0.2, 0.25) is 0 Å².